The van der Waals surface area contributed by atoms with Gasteiger partial charge in [0, 0.05) is 34.4 Å². The third-order valence-corrected chi connectivity index (χ3v) is 10.8. The zero-order chi connectivity index (χ0) is 39.4. The molecule has 0 saturated heterocycles. The largest absolute Gasteiger partial charge is 0.335 e. The summed E-state index contributed by atoms with van der Waals surface area (Å²) >= 11 is 0. The van der Waals surface area contributed by atoms with Gasteiger partial charge in [-0.25, -0.2) is 0 Å². The predicted octanol–water partition coefficient (Wildman–Crippen LogP) is 15.0. The standard InChI is InChI=1S/C55H52N2/c1-5-9-25-50(7-3)56(54-27-17-23-46(40-54)42-19-13-11-14-20-42)52-35-31-44(32-36-52)48-29-30-49(39-48)45-33-37-53(38-34-45)57(51(8-4)26-10-6-2)55-28-18-24-47(41-55)43-21-15-12-16-22-43/h5-25,27-33,35-38,40-41,45,51H,1,4,26,34,39H2,2-3H3/b10-6-,25-9-,50-7+. The molecule has 0 N–H and O–H groups in total. The van der Waals surface area contributed by atoms with Crippen LogP contribution in [0, 0.1) is 5.92 Å². The molecule has 0 fully saturated rings. The monoisotopic (exact) mass is 740 g/mol. The highest BCUT2D eigenvalue weighted by Crippen LogP contribution is 2.40. The lowest BCUT2D eigenvalue weighted by Crippen LogP contribution is -2.33. The lowest BCUT2D eigenvalue weighted by Gasteiger charge is -2.34. The van der Waals surface area contributed by atoms with Crippen LogP contribution >= 0.6 is 0 Å². The van der Waals surface area contributed by atoms with Crippen molar-refractivity contribution in [3.63, 3.8) is 0 Å². The Kier molecular flexibility index (Phi) is 12.7. The second-order valence-corrected chi connectivity index (χ2v) is 14.4. The molecule has 0 aromatic heterocycles. The van der Waals surface area contributed by atoms with Crippen molar-refractivity contribution in [2.45, 2.75) is 39.2 Å². The molecule has 0 bridgehead atoms. The van der Waals surface area contributed by atoms with E-state index in [1.807, 2.05) is 12.2 Å². The van der Waals surface area contributed by atoms with E-state index >= 15 is 0 Å². The summed E-state index contributed by atoms with van der Waals surface area (Å²) in [6, 6.07) is 48.0. The van der Waals surface area contributed by atoms with Crippen LogP contribution in [0.1, 0.15) is 38.7 Å². The van der Waals surface area contributed by atoms with E-state index in [1.165, 1.54) is 50.3 Å². The zero-order valence-corrected chi connectivity index (χ0v) is 33.2. The maximum absolute atomic E-state index is 4.27. The Morgan fingerprint density at radius 2 is 1.35 bits per heavy atom. The third-order valence-electron chi connectivity index (χ3n) is 10.8. The number of hydrogen-bond donors (Lipinski definition) is 0. The van der Waals surface area contributed by atoms with E-state index in [0.29, 0.717) is 5.92 Å². The number of rotatable bonds is 15. The maximum Gasteiger partial charge on any atom is 0.0554 e. The SMILES string of the molecule is C=C/C=C\C(=C/C)N(c1ccc(C2=CC=C(C3C=CC(N(c4cccc(-c5ccccc5)c4)C(C=C)C/C=C\C)=CC3)C2)cc1)c1cccc(-c2ccccc2)c1. The van der Waals surface area contributed by atoms with Gasteiger partial charge >= 0.3 is 0 Å². The normalized spacial score (nSPS) is 15.9. The third kappa shape index (κ3) is 9.09. The predicted molar refractivity (Wildman–Crippen MR) is 247 cm³/mol. The van der Waals surface area contributed by atoms with Gasteiger partial charge in [-0.3, -0.25) is 0 Å². The summed E-state index contributed by atoms with van der Waals surface area (Å²) in [6.45, 7) is 12.4. The van der Waals surface area contributed by atoms with E-state index in [-0.39, 0.29) is 6.04 Å². The minimum Gasteiger partial charge on any atom is -0.335 e. The number of anilines is 3. The molecule has 5 aromatic carbocycles. The van der Waals surface area contributed by atoms with Crippen molar-refractivity contribution in [2.75, 3.05) is 9.80 Å². The molecule has 57 heavy (non-hydrogen) atoms. The van der Waals surface area contributed by atoms with E-state index in [1.54, 1.807) is 0 Å². The van der Waals surface area contributed by atoms with Crippen molar-refractivity contribution < 1.29 is 0 Å². The summed E-state index contributed by atoms with van der Waals surface area (Å²) < 4.78 is 0. The molecule has 0 heterocycles. The number of allylic oxidation sites excluding steroid dienone is 12. The van der Waals surface area contributed by atoms with Crippen LogP contribution in [0.25, 0.3) is 27.8 Å². The Bertz CT molecular complexity index is 2380. The topological polar surface area (TPSA) is 6.48 Å². The Morgan fingerprint density at radius 3 is 1.95 bits per heavy atom. The van der Waals surface area contributed by atoms with Crippen molar-refractivity contribution in [1.29, 1.82) is 0 Å². The van der Waals surface area contributed by atoms with Crippen molar-refractivity contribution in [2.24, 2.45) is 5.92 Å². The van der Waals surface area contributed by atoms with Crippen LogP contribution in [0.15, 0.2) is 236 Å². The molecule has 282 valence electrons. The zero-order valence-electron chi connectivity index (χ0n) is 33.2. The highest BCUT2D eigenvalue weighted by molar-refractivity contribution is 5.79. The van der Waals surface area contributed by atoms with Gasteiger partial charge in [-0.1, -0.05) is 170 Å². The highest BCUT2D eigenvalue weighted by atomic mass is 15.2. The molecule has 2 unspecified atom stereocenters. The Hall–Kier alpha value is -6.64. The minimum absolute atomic E-state index is 0.132. The average Bonchev–Trinajstić information content (AvgIpc) is 3.78. The summed E-state index contributed by atoms with van der Waals surface area (Å²) in [5.74, 6) is 0.360. The molecule has 7 rings (SSSR count). The van der Waals surface area contributed by atoms with Crippen molar-refractivity contribution in [1.82, 2.24) is 0 Å². The molecule has 0 aliphatic heterocycles. The summed E-state index contributed by atoms with van der Waals surface area (Å²) in [5.41, 5.74) is 14.6. The van der Waals surface area contributed by atoms with Crippen LogP contribution in [0.4, 0.5) is 17.1 Å². The molecule has 0 amide bonds. The van der Waals surface area contributed by atoms with Crippen LogP contribution in [0.5, 0.6) is 0 Å². The van der Waals surface area contributed by atoms with Crippen molar-refractivity contribution in [3.8, 4) is 22.3 Å². The first-order valence-electron chi connectivity index (χ1n) is 20.1. The van der Waals surface area contributed by atoms with Crippen molar-refractivity contribution >= 4 is 22.6 Å². The summed E-state index contributed by atoms with van der Waals surface area (Å²) in [4.78, 5) is 4.77. The first-order valence-corrected chi connectivity index (χ1v) is 20.1. The van der Waals surface area contributed by atoms with Gasteiger partial charge in [-0.2, -0.15) is 0 Å². The Balaban J connectivity index is 1.08. The lowest BCUT2D eigenvalue weighted by atomic mass is 9.88. The molecular weight excluding hydrogens is 689 g/mol. The van der Waals surface area contributed by atoms with Gasteiger partial charge in [0.05, 0.1) is 6.04 Å². The first-order chi connectivity index (χ1) is 28.1. The molecule has 2 aliphatic carbocycles. The van der Waals surface area contributed by atoms with Gasteiger partial charge in [0.1, 0.15) is 0 Å². The second kappa shape index (κ2) is 18.8. The van der Waals surface area contributed by atoms with Crippen LogP contribution in [0.3, 0.4) is 0 Å². The number of nitrogens with zero attached hydrogens (tertiary/aromatic N) is 2. The first kappa shape index (κ1) is 38.6. The van der Waals surface area contributed by atoms with Crippen LogP contribution < -0.4 is 9.80 Å². The van der Waals surface area contributed by atoms with E-state index in [2.05, 4.69) is 231 Å². The van der Waals surface area contributed by atoms with Gasteiger partial charge in [-0.05, 0) is 115 Å². The summed E-state index contributed by atoms with van der Waals surface area (Å²) in [6.07, 6.45) is 29.1. The Morgan fingerprint density at radius 1 is 0.702 bits per heavy atom. The molecule has 0 spiro atoms. The number of hydrogen-bond acceptors (Lipinski definition) is 2. The molecule has 2 atom stereocenters. The molecule has 2 heteroatoms. The quantitative estimate of drug-likeness (QED) is 0.0779. The second-order valence-electron chi connectivity index (χ2n) is 14.4. The fourth-order valence-electron chi connectivity index (χ4n) is 7.83. The lowest BCUT2D eigenvalue weighted by molar-refractivity contribution is 0.719. The molecular formula is C55H52N2. The Labute approximate surface area is 340 Å². The fraction of sp³-hybridized carbons (Fsp3) is 0.127. The van der Waals surface area contributed by atoms with Crippen LogP contribution in [-0.4, -0.2) is 6.04 Å². The molecule has 2 nitrogen and oxygen atoms in total. The smallest absolute Gasteiger partial charge is 0.0554 e. The van der Waals surface area contributed by atoms with Gasteiger partial charge in [0.25, 0.3) is 0 Å². The van der Waals surface area contributed by atoms with E-state index < -0.39 is 0 Å². The summed E-state index contributed by atoms with van der Waals surface area (Å²) in [7, 11) is 0. The van der Waals surface area contributed by atoms with Crippen LogP contribution in [-0.2, 0) is 0 Å². The van der Waals surface area contributed by atoms with E-state index in [0.717, 1.165) is 36.3 Å². The van der Waals surface area contributed by atoms with Gasteiger partial charge in [-0.15, -0.1) is 6.58 Å². The van der Waals surface area contributed by atoms with Gasteiger partial charge in [0.2, 0.25) is 0 Å². The van der Waals surface area contributed by atoms with E-state index in [4.69, 9.17) is 0 Å². The number of benzene rings is 5. The average molecular weight is 741 g/mol. The molecule has 0 saturated carbocycles. The van der Waals surface area contributed by atoms with Gasteiger partial charge < -0.3 is 9.80 Å². The van der Waals surface area contributed by atoms with Crippen LogP contribution in [0.2, 0.25) is 0 Å². The highest BCUT2D eigenvalue weighted by Gasteiger charge is 2.24. The van der Waals surface area contributed by atoms with Crippen molar-refractivity contribution in [3.05, 3.63) is 242 Å². The molecule has 2 aliphatic rings. The van der Waals surface area contributed by atoms with E-state index in [9.17, 15) is 0 Å². The molecule has 0 radical (unpaired) electrons. The summed E-state index contributed by atoms with van der Waals surface area (Å²) in [5, 5.41) is 0. The fourth-order valence-corrected chi connectivity index (χ4v) is 7.83. The minimum atomic E-state index is 0.132. The molecule has 5 aromatic rings. The maximum atomic E-state index is 4.27. The van der Waals surface area contributed by atoms with Gasteiger partial charge in [0.15, 0.2) is 0 Å².